The minimum Gasteiger partial charge on any atom is -0.399 e. The molecule has 0 saturated heterocycles. The van der Waals surface area contributed by atoms with Crippen molar-refractivity contribution in [3.63, 3.8) is 0 Å². The lowest BCUT2D eigenvalue weighted by Crippen LogP contribution is -2.11. The molecule has 0 aromatic heterocycles. The molecule has 0 aliphatic carbocycles. The number of hydroxylamine groups is 1. The summed E-state index contributed by atoms with van der Waals surface area (Å²) >= 11 is 0. The van der Waals surface area contributed by atoms with Gasteiger partial charge in [0.05, 0.1) is 18.9 Å². The van der Waals surface area contributed by atoms with Crippen molar-refractivity contribution in [1.82, 2.24) is 5.48 Å². The van der Waals surface area contributed by atoms with Crippen LogP contribution in [0.1, 0.15) is 10.4 Å². The van der Waals surface area contributed by atoms with E-state index in [1.807, 2.05) is 0 Å². The number of ketones is 1. The normalized spacial score (nSPS) is 11.6. The molecule has 1 rings (SSSR count). The molecular weight excluding hydrogens is 239 g/mol. The van der Waals surface area contributed by atoms with Gasteiger partial charge < -0.3 is 4.84 Å². The van der Waals surface area contributed by atoms with Crippen LogP contribution in [0.15, 0.2) is 41.2 Å². The quantitative estimate of drug-likeness (QED) is 0.362. The van der Waals surface area contributed by atoms with E-state index < -0.39 is 5.82 Å². The predicted octanol–water partition coefficient (Wildman–Crippen LogP) is 1.68. The largest absolute Gasteiger partial charge is 0.399 e. The molecule has 0 amide bonds. The van der Waals surface area contributed by atoms with Gasteiger partial charge in [-0.15, -0.1) is 0 Å². The van der Waals surface area contributed by atoms with Crippen LogP contribution in [-0.2, 0) is 9.68 Å². The Morgan fingerprint density at radius 1 is 1.33 bits per heavy atom. The van der Waals surface area contributed by atoms with E-state index in [0.29, 0.717) is 5.56 Å². The highest BCUT2D eigenvalue weighted by molar-refractivity contribution is 6.21. The lowest BCUT2D eigenvalue weighted by molar-refractivity contribution is 0.102. The molecule has 0 aliphatic heterocycles. The molecule has 0 radical (unpaired) electrons. The average Bonchev–Trinajstić information content (AvgIpc) is 2.39. The second kappa shape index (κ2) is 7.18. The Kier molecular flexibility index (Phi) is 5.53. The highest BCUT2D eigenvalue weighted by atomic mass is 19.1. The minimum atomic E-state index is -0.405. The summed E-state index contributed by atoms with van der Waals surface area (Å²) in [5, 5.41) is 3.51. The van der Waals surface area contributed by atoms with Gasteiger partial charge in [-0.25, -0.2) is 4.39 Å². The van der Waals surface area contributed by atoms with E-state index in [0.717, 1.165) is 0 Å². The van der Waals surface area contributed by atoms with Crippen molar-refractivity contribution in [2.24, 2.45) is 5.16 Å². The first-order chi connectivity index (χ1) is 8.69. The third kappa shape index (κ3) is 3.99. The molecule has 0 aliphatic rings. The molecule has 5 nitrogen and oxygen atoms in total. The second-order valence-electron chi connectivity index (χ2n) is 3.17. The van der Waals surface area contributed by atoms with Crippen molar-refractivity contribution in [1.29, 1.82) is 0 Å². The highest BCUT2D eigenvalue weighted by Crippen LogP contribution is 2.08. The molecule has 6 heteroatoms. The number of hydrogen-bond acceptors (Lipinski definition) is 5. The van der Waals surface area contributed by atoms with Crippen LogP contribution in [0, 0.1) is 5.82 Å². The average molecular weight is 252 g/mol. The molecule has 1 aromatic carbocycles. The molecule has 0 unspecified atom stereocenters. The lowest BCUT2D eigenvalue weighted by Gasteiger charge is -2.02. The Morgan fingerprint density at radius 2 is 2.00 bits per heavy atom. The Balaban J connectivity index is 2.94. The maximum Gasteiger partial charge on any atom is 0.196 e. The highest BCUT2D eigenvalue weighted by Gasteiger charge is 2.10. The first kappa shape index (κ1) is 13.9. The van der Waals surface area contributed by atoms with Crippen LogP contribution in [0.3, 0.4) is 0 Å². The van der Waals surface area contributed by atoms with Gasteiger partial charge in [0.2, 0.25) is 0 Å². The first-order valence-electron chi connectivity index (χ1n) is 5.04. The maximum atomic E-state index is 12.8. The van der Waals surface area contributed by atoms with E-state index in [9.17, 15) is 9.18 Å². The summed E-state index contributed by atoms with van der Waals surface area (Å²) < 4.78 is 12.8. The molecule has 1 aromatic rings. The Bertz CT molecular complexity index is 455. The molecule has 96 valence electrons. The van der Waals surface area contributed by atoms with E-state index in [4.69, 9.17) is 0 Å². The molecule has 0 fully saturated rings. The van der Waals surface area contributed by atoms with Gasteiger partial charge >= 0.3 is 0 Å². The fourth-order valence-electron chi connectivity index (χ4n) is 1.16. The number of nitrogens with one attached hydrogen (secondary N) is 1. The third-order valence-corrected chi connectivity index (χ3v) is 2.00. The topological polar surface area (TPSA) is 59.9 Å². The number of rotatable bonds is 6. The minimum absolute atomic E-state index is 0.213. The van der Waals surface area contributed by atoms with Crippen LogP contribution < -0.4 is 5.48 Å². The van der Waals surface area contributed by atoms with Gasteiger partial charge in [0, 0.05) is 11.8 Å². The third-order valence-electron chi connectivity index (χ3n) is 2.00. The lowest BCUT2D eigenvalue weighted by atomic mass is 10.1. The van der Waals surface area contributed by atoms with Gasteiger partial charge in [-0.05, 0) is 24.3 Å². The summed E-state index contributed by atoms with van der Waals surface area (Å²) in [6.45, 7) is 0. The molecular formula is C12H13FN2O3. The smallest absolute Gasteiger partial charge is 0.196 e. The summed E-state index contributed by atoms with van der Waals surface area (Å²) in [5.74, 6) is -0.738. The summed E-state index contributed by atoms with van der Waals surface area (Å²) in [6.07, 6.45) is 2.56. The molecule has 0 bridgehead atoms. The summed E-state index contributed by atoms with van der Waals surface area (Å²) in [6, 6.07) is 5.20. The van der Waals surface area contributed by atoms with Gasteiger partial charge in [-0.1, -0.05) is 5.16 Å². The van der Waals surface area contributed by atoms with Crippen LogP contribution >= 0.6 is 0 Å². The van der Waals surface area contributed by atoms with E-state index in [-0.39, 0.29) is 11.4 Å². The van der Waals surface area contributed by atoms with Crippen molar-refractivity contribution in [2.45, 2.75) is 0 Å². The van der Waals surface area contributed by atoms with Crippen LogP contribution in [0.25, 0.3) is 0 Å². The second-order valence-corrected chi connectivity index (χ2v) is 3.17. The maximum absolute atomic E-state index is 12.8. The Labute approximate surface area is 104 Å². The number of benzene rings is 1. The molecule has 0 heterocycles. The number of carbonyl (C=O) groups is 1. The Hall–Kier alpha value is -2.21. The molecule has 1 N–H and O–H groups in total. The van der Waals surface area contributed by atoms with Crippen LogP contribution in [0.2, 0.25) is 0 Å². The van der Waals surface area contributed by atoms with Crippen molar-refractivity contribution >= 4 is 12.0 Å². The fourth-order valence-corrected chi connectivity index (χ4v) is 1.16. The van der Waals surface area contributed by atoms with E-state index in [1.54, 1.807) is 0 Å². The fraction of sp³-hybridized carbons (Fsp3) is 0.167. The van der Waals surface area contributed by atoms with Gasteiger partial charge in [-0.2, -0.15) is 0 Å². The van der Waals surface area contributed by atoms with Crippen LogP contribution in [0.5, 0.6) is 0 Å². The standard InChI is InChI=1S/C12H13FN2O3/c1-17-14-7-10(8-15-18-2)12(16)9-3-5-11(13)6-4-9/h3-8,14H,1-2H3/b10-7+,15-8+. The molecule has 18 heavy (non-hydrogen) atoms. The van der Waals surface area contributed by atoms with E-state index in [1.165, 1.54) is 50.9 Å². The van der Waals surface area contributed by atoms with Gasteiger partial charge in [-0.3, -0.25) is 15.1 Å². The van der Waals surface area contributed by atoms with Gasteiger partial charge in [0.25, 0.3) is 0 Å². The summed E-state index contributed by atoms with van der Waals surface area (Å²) in [7, 11) is 2.77. The number of hydrogen-bond donors (Lipinski definition) is 1. The van der Waals surface area contributed by atoms with E-state index in [2.05, 4.69) is 20.3 Å². The zero-order valence-electron chi connectivity index (χ0n) is 10.0. The van der Waals surface area contributed by atoms with Gasteiger partial charge in [0.1, 0.15) is 12.9 Å². The van der Waals surface area contributed by atoms with Crippen molar-refractivity contribution < 1.29 is 18.9 Å². The zero-order valence-corrected chi connectivity index (χ0v) is 10.0. The number of carbonyl (C=O) groups excluding carboxylic acids is 1. The molecule has 0 spiro atoms. The Morgan fingerprint density at radius 3 is 2.56 bits per heavy atom. The number of allylic oxidation sites excluding steroid dienone is 1. The van der Waals surface area contributed by atoms with Gasteiger partial charge in [0.15, 0.2) is 5.78 Å². The number of halogens is 1. The number of nitrogens with zero attached hydrogens (tertiary/aromatic N) is 1. The van der Waals surface area contributed by atoms with Crippen molar-refractivity contribution in [2.75, 3.05) is 14.2 Å². The summed E-state index contributed by atoms with van der Waals surface area (Å²) in [5.41, 5.74) is 2.97. The van der Waals surface area contributed by atoms with E-state index >= 15 is 0 Å². The zero-order chi connectivity index (χ0) is 13.4. The van der Waals surface area contributed by atoms with Crippen molar-refractivity contribution in [3.8, 4) is 0 Å². The molecule has 0 atom stereocenters. The molecule has 0 saturated carbocycles. The monoisotopic (exact) mass is 252 g/mol. The first-order valence-corrected chi connectivity index (χ1v) is 5.04. The SMILES string of the molecule is CO/N=C/C(=C\NOC)C(=O)c1ccc(F)cc1. The van der Waals surface area contributed by atoms with Crippen LogP contribution in [-0.4, -0.2) is 26.2 Å². The summed E-state index contributed by atoms with van der Waals surface area (Å²) in [4.78, 5) is 21.2. The van der Waals surface area contributed by atoms with Crippen LogP contribution in [0.4, 0.5) is 4.39 Å². The number of oxime groups is 1. The predicted molar refractivity (Wildman–Crippen MR) is 64.5 cm³/mol. The number of Topliss-reactive ketones (excluding diaryl/α,β-unsaturated/α-hetero) is 1. The van der Waals surface area contributed by atoms with Crippen molar-refractivity contribution in [3.05, 3.63) is 47.4 Å².